The smallest absolute Gasteiger partial charge is 0.417 e. The molecule has 0 unspecified atom stereocenters. The lowest BCUT2D eigenvalue weighted by Crippen LogP contribution is -2.31. The highest BCUT2D eigenvalue weighted by Crippen LogP contribution is 2.32. The Kier molecular flexibility index (Phi) is 5.37. The summed E-state index contributed by atoms with van der Waals surface area (Å²) < 4.78 is 43.8. The van der Waals surface area contributed by atoms with Crippen molar-refractivity contribution in [3.05, 3.63) is 35.5 Å². The van der Waals surface area contributed by atoms with Gasteiger partial charge in [-0.25, -0.2) is 14.6 Å². The number of nitrogens with zero attached hydrogens (tertiary/aromatic N) is 4. The van der Waals surface area contributed by atoms with Crippen molar-refractivity contribution in [1.29, 1.82) is 0 Å². The summed E-state index contributed by atoms with van der Waals surface area (Å²) in [6, 6.07) is 0.729. The predicted octanol–water partition coefficient (Wildman–Crippen LogP) is 1.54. The minimum Gasteiger partial charge on any atom is -0.475 e. The number of ether oxygens (including phenoxy) is 1. The van der Waals surface area contributed by atoms with Gasteiger partial charge < -0.3 is 10.1 Å². The Bertz CT molecular complexity index is 663. The molecule has 7 nitrogen and oxygen atoms in total. The summed E-state index contributed by atoms with van der Waals surface area (Å²) in [5.74, 6) is -0.448. The van der Waals surface area contributed by atoms with Crippen LogP contribution in [0, 0.1) is 0 Å². The van der Waals surface area contributed by atoms with Crippen LogP contribution in [0.5, 0.6) is 5.88 Å². The quantitative estimate of drug-likeness (QED) is 0.800. The van der Waals surface area contributed by atoms with E-state index in [1.165, 1.54) is 17.3 Å². The van der Waals surface area contributed by atoms with E-state index in [1.807, 2.05) is 0 Å². The number of carbonyl (C=O) groups excluding carboxylic acids is 1. The maximum absolute atomic E-state index is 12.5. The third kappa shape index (κ3) is 5.09. The van der Waals surface area contributed by atoms with Gasteiger partial charge in [0.2, 0.25) is 11.8 Å². The number of pyridine rings is 1. The standard InChI is InChI=1S/C12H11ClF3N5O2/c13-9-3-8(12(14,15)16)4-19-11(9)23-2-1-18-10(22)5-21-7-17-6-20-21/h3-4,6-7H,1-2,5H2,(H,18,22). The first-order valence-electron chi connectivity index (χ1n) is 6.31. The highest BCUT2D eigenvalue weighted by atomic mass is 35.5. The lowest BCUT2D eigenvalue weighted by molar-refractivity contribution is -0.137. The number of alkyl halides is 3. The Labute approximate surface area is 133 Å². The van der Waals surface area contributed by atoms with Crippen molar-refractivity contribution in [2.45, 2.75) is 12.7 Å². The van der Waals surface area contributed by atoms with Gasteiger partial charge in [-0.05, 0) is 6.07 Å². The van der Waals surface area contributed by atoms with Crippen LogP contribution in [0.4, 0.5) is 13.2 Å². The Morgan fingerprint density at radius 2 is 2.22 bits per heavy atom. The Morgan fingerprint density at radius 1 is 1.43 bits per heavy atom. The summed E-state index contributed by atoms with van der Waals surface area (Å²) in [6.07, 6.45) is -1.20. The van der Waals surface area contributed by atoms with Crippen LogP contribution < -0.4 is 10.1 Å². The molecule has 2 heterocycles. The molecule has 0 aliphatic rings. The molecule has 0 fully saturated rings. The zero-order valence-electron chi connectivity index (χ0n) is 11.5. The molecule has 1 N–H and O–H groups in total. The maximum atomic E-state index is 12.5. The van der Waals surface area contributed by atoms with E-state index < -0.39 is 11.7 Å². The Morgan fingerprint density at radius 3 is 2.83 bits per heavy atom. The monoisotopic (exact) mass is 349 g/mol. The number of aromatic nitrogens is 4. The van der Waals surface area contributed by atoms with Gasteiger partial charge in [0.15, 0.2) is 0 Å². The predicted molar refractivity (Wildman–Crippen MR) is 72.8 cm³/mol. The Balaban J connectivity index is 1.77. The fraction of sp³-hybridized carbons (Fsp3) is 0.333. The second kappa shape index (κ2) is 7.27. The largest absolute Gasteiger partial charge is 0.475 e. The Hall–Kier alpha value is -2.36. The molecule has 0 spiro atoms. The molecular weight excluding hydrogens is 339 g/mol. The van der Waals surface area contributed by atoms with E-state index in [2.05, 4.69) is 20.4 Å². The number of carbonyl (C=O) groups is 1. The van der Waals surface area contributed by atoms with Gasteiger partial charge in [-0.1, -0.05) is 11.6 Å². The normalized spacial score (nSPS) is 11.3. The molecule has 1 amide bonds. The van der Waals surface area contributed by atoms with Crippen LogP contribution >= 0.6 is 11.6 Å². The molecule has 0 saturated heterocycles. The van der Waals surface area contributed by atoms with Crippen LogP contribution in [-0.4, -0.2) is 38.8 Å². The number of rotatable bonds is 6. The molecule has 0 atom stereocenters. The van der Waals surface area contributed by atoms with Crippen LogP contribution in [-0.2, 0) is 17.5 Å². The third-order valence-electron chi connectivity index (χ3n) is 2.57. The molecule has 0 aromatic carbocycles. The molecule has 0 aliphatic carbocycles. The van der Waals surface area contributed by atoms with Crippen molar-refractivity contribution in [1.82, 2.24) is 25.1 Å². The van der Waals surface area contributed by atoms with Crippen LogP contribution in [0.15, 0.2) is 24.9 Å². The summed E-state index contributed by atoms with van der Waals surface area (Å²) >= 11 is 5.68. The average Bonchev–Trinajstić information content (AvgIpc) is 2.96. The van der Waals surface area contributed by atoms with E-state index in [4.69, 9.17) is 16.3 Å². The average molecular weight is 350 g/mol. The van der Waals surface area contributed by atoms with Gasteiger partial charge in [-0.3, -0.25) is 4.79 Å². The van der Waals surface area contributed by atoms with E-state index in [9.17, 15) is 18.0 Å². The summed E-state index contributed by atoms with van der Waals surface area (Å²) in [6.45, 7) is 0.132. The third-order valence-corrected chi connectivity index (χ3v) is 2.84. The van der Waals surface area contributed by atoms with E-state index in [-0.39, 0.29) is 36.5 Å². The molecule has 2 aromatic heterocycles. The SMILES string of the molecule is O=C(Cn1cncn1)NCCOc1ncc(C(F)(F)F)cc1Cl. The van der Waals surface area contributed by atoms with Crippen LogP contribution in [0.25, 0.3) is 0 Å². The fourth-order valence-electron chi connectivity index (χ4n) is 1.54. The first kappa shape index (κ1) is 17.0. The highest BCUT2D eigenvalue weighted by molar-refractivity contribution is 6.31. The van der Waals surface area contributed by atoms with E-state index in [1.54, 1.807) is 0 Å². The molecule has 0 saturated carbocycles. The second-order valence-corrected chi connectivity index (χ2v) is 4.71. The molecule has 124 valence electrons. The van der Waals surface area contributed by atoms with E-state index in [0.29, 0.717) is 6.20 Å². The van der Waals surface area contributed by atoms with E-state index in [0.717, 1.165) is 6.07 Å². The lowest BCUT2D eigenvalue weighted by atomic mass is 10.3. The minimum atomic E-state index is -4.52. The van der Waals surface area contributed by atoms with Crippen molar-refractivity contribution in [3.8, 4) is 5.88 Å². The van der Waals surface area contributed by atoms with Gasteiger partial charge >= 0.3 is 6.18 Å². The molecule has 0 aliphatic heterocycles. The van der Waals surface area contributed by atoms with Crippen molar-refractivity contribution in [2.75, 3.05) is 13.2 Å². The molecular formula is C12H11ClF3N5O2. The van der Waals surface area contributed by atoms with Crippen molar-refractivity contribution < 1.29 is 22.7 Å². The van der Waals surface area contributed by atoms with Gasteiger partial charge in [-0.2, -0.15) is 18.3 Å². The first-order chi connectivity index (χ1) is 10.9. The number of nitrogens with one attached hydrogen (secondary N) is 1. The van der Waals surface area contributed by atoms with Gasteiger partial charge in [-0.15, -0.1) is 0 Å². The number of amides is 1. The molecule has 0 bridgehead atoms. The van der Waals surface area contributed by atoms with Crippen molar-refractivity contribution in [3.63, 3.8) is 0 Å². The molecule has 11 heteroatoms. The topological polar surface area (TPSA) is 81.9 Å². The van der Waals surface area contributed by atoms with Crippen LogP contribution in [0.2, 0.25) is 5.02 Å². The first-order valence-corrected chi connectivity index (χ1v) is 6.68. The summed E-state index contributed by atoms with van der Waals surface area (Å²) in [5.41, 5.74) is -0.962. The molecule has 2 aromatic rings. The van der Waals surface area contributed by atoms with Crippen molar-refractivity contribution in [2.24, 2.45) is 0 Å². The van der Waals surface area contributed by atoms with Crippen molar-refractivity contribution >= 4 is 17.5 Å². The zero-order chi connectivity index (χ0) is 16.9. The van der Waals surface area contributed by atoms with Gasteiger partial charge in [0.1, 0.15) is 30.8 Å². The minimum absolute atomic E-state index is 0.000709. The van der Waals surface area contributed by atoms with Gasteiger partial charge in [0, 0.05) is 6.20 Å². The fourth-order valence-corrected chi connectivity index (χ4v) is 1.76. The summed E-state index contributed by atoms with van der Waals surface area (Å²) in [5, 5.41) is 6.05. The van der Waals surface area contributed by atoms with Crippen LogP contribution in [0.1, 0.15) is 5.56 Å². The number of hydrogen-bond donors (Lipinski definition) is 1. The molecule has 0 radical (unpaired) electrons. The lowest BCUT2D eigenvalue weighted by Gasteiger charge is -2.10. The summed E-state index contributed by atoms with van der Waals surface area (Å²) in [7, 11) is 0. The number of hydrogen-bond acceptors (Lipinski definition) is 5. The maximum Gasteiger partial charge on any atom is 0.417 e. The van der Waals surface area contributed by atoms with E-state index >= 15 is 0 Å². The molecule has 23 heavy (non-hydrogen) atoms. The highest BCUT2D eigenvalue weighted by Gasteiger charge is 2.31. The van der Waals surface area contributed by atoms with Gasteiger partial charge in [0.05, 0.1) is 12.1 Å². The molecule has 2 rings (SSSR count). The summed E-state index contributed by atoms with van der Waals surface area (Å²) in [4.78, 5) is 18.7. The second-order valence-electron chi connectivity index (χ2n) is 4.30. The zero-order valence-corrected chi connectivity index (χ0v) is 12.3. The number of halogens is 4. The van der Waals surface area contributed by atoms with Gasteiger partial charge in [0.25, 0.3) is 0 Å². The van der Waals surface area contributed by atoms with Crippen LogP contribution in [0.3, 0.4) is 0 Å².